The normalized spacial score (nSPS) is 13.2. The Morgan fingerprint density at radius 1 is 0.636 bits per heavy atom. The first-order chi connectivity index (χ1) is 15.4. The Labute approximate surface area is 186 Å². The lowest BCUT2D eigenvalue weighted by Gasteiger charge is -2.37. The Bertz CT molecular complexity index is 1140. The molecule has 0 amide bonds. The smallest absolute Gasteiger partial charge is 0.349 e. The highest BCUT2D eigenvalue weighted by Gasteiger charge is 2.73. The molecule has 0 bridgehead atoms. The molecule has 176 valence electrons. The maximum Gasteiger partial charge on any atom is 0.430 e. The summed E-state index contributed by atoms with van der Waals surface area (Å²) in [6.07, 6.45) is -11.7. The molecule has 0 aliphatic heterocycles. The fourth-order valence-electron chi connectivity index (χ4n) is 3.27. The number of halogens is 6. The Morgan fingerprint density at radius 3 is 1.61 bits per heavy atom. The molecule has 33 heavy (non-hydrogen) atoms. The van der Waals surface area contributed by atoms with Crippen LogP contribution in [0.3, 0.4) is 0 Å². The Morgan fingerprint density at radius 2 is 1.12 bits per heavy atom. The van der Waals surface area contributed by atoms with Gasteiger partial charge in [0, 0.05) is 5.56 Å². The van der Waals surface area contributed by atoms with Gasteiger partial charge in [-0.15, -0.1) is 0 Å². The molecule has 3 rings (SSSR count). The summed E-state index contributed by atoms with van der Waals surface area (Å²) in [6, 6.07) is 17.5. The lowest BCUT2D eigenvalue weighted by molar-refractivity contribution is -0.392. The van der Waals surface area contributed by atoms with Gasteiger partial charge in [0.25, 0.3) is 5.60 Å². The van der Waals surface area contributed by atoms with Crippen molar-refractivity contribution in [3.8, 4) is 0 Å². The van der Waals surface area contributed by atoms with E-state index >= 15 is 0 Å². The minimum atomic E-state index is -5.84. The van der Waals surface area contributed by atoms with Crippen LogP contribution in [0.1, 0.15) is 16.7 Å². The van der Waals surface area contributed by atoms with Crippen LogP contribution in [-0.4, -0.2) is 20.8 Å². The second kappa shape index (κ2) is 9.18. The van der Waals surface area contributed by atoms with Gasteiger partial charge in [0.2, 0.25) is 0 Å². The molecule has 0 heterocycles. The molecule has 0 aromatic heterocycles. The molecule has 0 unspecified atom stereocenters. The van der Waals surface area contributed by atoms with Gasteiger partial charge in [-0.2, -0.15) is 26.3 Å². The van der Waals surface area contributed by atoms with Crippen molar-refractivity contribution in [2.24, 2.45) is 0 Å². The lowest BCUT2D eigenvalue weighted by atomic mass is 9.91. The highest BCUT2D eigenvalue weighted by molar-refractivity contribution is 7.90. The first-order valence-corrected chi connectivity index (χ1v) is 11.2. The molecule has 0 saturated heterocycles. The van der Waals surface area contributed by atoms with Crippen LogP contribution >= 0.6 is 0 Å². The van der Waals surface area contributed by atoms with E-state index in [1.54, 1.807) is 12.1 Å². The lowest BCUT2D eigenvalue weighted by Crippen LogP contribution is -2.55. The van der Waals surface area contributed by atoms with Crippen molar-refractivity contribution >= 4 is 9.84 Å². The molecule has 0 aliphatic rings. The number of sulfone groups is 1. The second-order valence-electron chi connectivity index (χ2n) is 7.22. The monoisotopic (exact) mass is 488 g/mol. The summed E-state index contributed by atoms with van der Waals surface area (Å²) < 4.78 is 113. The highest BCUT2D eigenvalue weighted by Crippen LogP contribution is 2.53. The average Bonchev–Trinajstić information content (AvgIpc) is 2.74. The average molecular weight is 488 g/mol. The van der Waals surface area contributed by atoms with Crippen LogP contribution in [-0.2, 0) is 32.5 Å². The first kappa shape index (κ1) is 24.8. The van der Waals surface area contributed by atoms with Gasteiger partial charge in [-0.3, -0.25) is 0 Å². The number of benzene rings is 3. The molecule has 0 atom stereocenters. The third-order valence-electron chi connectivity index (χ3n) is 4.92. The van der Waals surface area contributed by atoms with Gasteiger partial charge in [0.1, 0.15) is 0 Å². The molecule has 0 N–H and O–H groups in total. The van der Waals surface area contributed by atoms with E-state index in [0.717, 1.165) is 12.1 Å². The van der Waals surface area contributed by atoms with Gasteiger partial charge >= 0.3 is 12.4 Å². The molecule has 0 saturated carbocycles. The summed E-state index contributed by atoms with van der Waals surface area (Å²) >= 11 is 0. The Hall–Kier alpha value is -2.85. The molecular weight excluding hydrogens is 470 g/mol. The van der Waals surface area contributed by atoms with E-state index in [4.69, 9.17) is 0 Å². The fraction of sp³-hybridized carbons (Fsp3) is 0.217. The van der Waals surface area contributed by atoms with Gasteiger partial charge in [-0.1, -0.05) is 72.8 Å². The van der Waals surface area contributed by atoms with Crippen LogP contribution in [0.2, 0.25) is 0 Å². The van der Waals surface area contributed by atoms with Crippen molar-refractivity contribution in [2.75, 3.05) is 0 Å². The van der Waals surface area contributed by atoms with Crippen molar-refractivity contribution in [1.29, 1.82) is 0 Å². The summed E-state index contributed by atoms with van der Waals surface area (Å²) in [5, 5.41) is 0. The molecule has 0 fully saturated rings. The van der Waals surface area contributed by atoms with Crippen LogP contribution in [0.25, 0.3) is 0 Å². The molecule has 0 spiro atoms. The number of rotatable bonds is 7. The van der Waals surface area contributed by atoms with Crippen molar-refractivity contribution in [3.63, 3.8) is 0 Å². The Kier molecular flexibility index (Phi) is 6.90. The summed E-state index contributed by atoms with van der Waals surface area (Å²) in [5.41, 5.74) is -5.63. The molecule has 3 aromatic rings. The van der Waals surface area contributed by atoms with Crippen molar-refractivity contribution in [2.45, 2.75) is 35.2 Å². The molecule has 0 aliphatic carbocycles. The van der Waals surface area contributed by atoms with Gasteiger partial charge in [-0.05, 0) is 23.3 Å². The zero-order chi connectivity index (χ0) is 24.3. The van der Waals surface area contributed by atoms with E-state index in [-0.39, 0.29) is 16.0 Å². The van der Waals surface area contributed by atoms with Gasteiger partial charge < -0.3 is 4.74 Å². The largest absolute Gasteiger partial charge is 0.430 e. The van der Waals surface area contributed by atoms with Crippen LogP contribution in [0, 0.1) is 0 Å². The summed E-state index contributed by atoms with van der Waals surface area (Å²) in [7, 11) is -3.84. The van der Waals surface area contributed by atoms with Crippen molar-refractivity contribution < 1.29 is 39.5 Å². The van der Waals surface area contributed by atoms with E-state index in [2.05, 4.69) is 4.74 Å². The van der Waals surface area contributed by atoms with E-state index in [1.807, 2.05) is 0 Å². The molecule has 10 heteroatoms. The number of ether oxygens (including phenoxy) is 1. The highest BCUT2D eigenvalue weighted by atomic mass is 32.2. The van der Waals surface area contributed by atoms with E-state index < -0.39 is 45.7 Å². The minimum absolute atomic E-state index is 0.0137. The number of alkyl halides is 6. The third kappa shape index (κ3) is 5.22. The maximum absolute atomic E-state index is 13.9. The van der Waals surface area contributed by atoms with Crippen LogP contribution in [0.15, 0.2) is 89.8 Å². The summed E-state index contributed by atoms with van der Waals surface area (Å²) in [5.74, 6) is -0.590. The maximum atomic E-state index is 13.9. The first-order valence-electron chi connectivity index (χ1n) is 9.55. The minimum Gasteiger partial charge on any atom is -0.349 e. The van der Waals surface area contributed by atoms with Crippen molar-refractivity contribution in [3.05, 3.63) is 102 Å². The zero-order valence-corrected chi connectivity index (χ0v) is 17.7. The zero-order valence-electron chi connectivity index (χ0n) is 16.9. The van der Waals surface area contributed by atoms with Crippen LogP contribution in [0.4, 0.5) is 26.3 Å². The topological polar surface area (TPSA) is 43.4 Å². The SMILES string of the molecule is O=S(=O)(Cc1ccc(C(OCc2ccccc2)(C(F)(F)F)C(F)(F)F)cc1)c1ccccc1. The van der Waals surface area contributed by atoms with Crippen LogP contribution in [0.5, 0.6) is 0 Å². The van der Waals surface area contributed by atoms with Crippen molar-refractivity contribution in [1.82, 2.24) is 0 Å². The Balaban J connectivity index is 1.97. The predicted octanol–water partition coefficient (Wildman–Crippen LogP) is 6.20. The second-order valence-corrected chi connectivity index (χ2v) is 9.21. The van der Waals surface area contributed by atoms with E-state index in [0.29, 0.717) is 12.1 Å². The van der Waals surface area contributed by atoms with Gasteiger partial charge in [0.05, 0.1) is 17.3 Å². The van der Waals surface area contributed by atoms with Gasteiger partial charge in [-0.25, -0.2) is 8.42 Å². The number of hydrogen-bond acceptors (Lipinski definition) is 3. The quantitative estimate of drug-likeness (QED) is 0.372. The van der Waals surface area contributed by atoms with Gasteiger partial charge in [0.15, 0.2) is 9.84 Å². The molecule has 3 nitrogen and oxygen atoms in total. The molecule has 3 aromatic carbocycles. The molecular formula is C23H18F6O3S. The van der Waals surface area contributed by atoms with E-state index in [9.17, 15) is 34.8 Å². The molecule has 0 radical (unpaired) electrons. The standard InChI is InChI=1S/C23H18F6O3S/c24-22(25,26)21(23(27,28)29,32-15-17-7-3-1-4-8-17)19-13-11-18(12-14-19)16-33(30,31)20-9-5-2-6-10-20/h1-14H,15-16H2. The van der Waals surface area contributed by atoms with E-state index in [1.165, 1.54) is 48.5 Å². The third-order valence-corrected chi connectivity index (χ3v) is 6.62. The number of hydrogen-bond donors (Lipinski definition) is 0. The fourth-order valence-corrected chi connectivity index (χ4v) is 4.64. The summed E-state index contributed by atoms with van der Waals surface area (Å²) in [6.45, 7) is -0.940. The summed E-state index contributed by atoms with van der Waals surface area (Å²) in [4.78, 5) is -0.0137. The van der Waals surface area contributed by atoms with Crippen LogP contribution < -0.4 is 0 Å². The predicted molar refractivity (Wildman–Crippen MR) is 109 cm³/mol.